The minimum absolute atomic E-state index is 0. The van der Waals surface area contributed by atoms with E-state index in [9.17, 15) is 5.11 Å². The number of hydrogen-bond donors (Lipinski definition) is 4. The molecule has 0 aromatic heterocycles. The van der Waals surface area contributed by atoms with E-state index in [1.807, 2.05) is 42.5 Å². The summed E-state index contributed by atoms with van der Waals surface area (Å²) in [6, 6.07) is 13.1. The number of aliphatic hydroxyl groups is 2. The van der Waals surface area contributed by atoms with Crippen LogP contribution in [-0.4, -0.2) is 22.9 Å². The Labute approximate surface area is 119 Å². The summed E-state index contributed by atoms with van der Waals surface area (Å²) in [4.78, 5) is 0. The highest BCUT2D eigenvalue weighted by Gasteiger charge is 2.10. The molecule has 0 heterocycles. The number of nitrogens with two attached hydrogens (primary N) is 2. The topological polar surface area (TPSA) is 92.5 Å². The number of hydrogen-bond acceptors (Lipinski definition) is 4. The van der Waals surface area contributed by atoms with Crippen molar-refractivity contribution in [1.29, 1.82) is 0 Å². The number of anilines is 2. The van der Waals surface area contributed by atoms with Crippen molar-refractivity contribution in [3.05, 3.63) is 48.0 Å². The lowest BCUT2D eigenvalue weighted by Gasteiger charge is -2.13. The Bertz CT molecular complexity index is 553. The van der Waals surface area contributed by atoms with E-state index in [1.54, 1.807) is 0 Å². The summed E-state index contributed by atoms with van der Waals surface area (Å²) in [5, 5.41) is 18.6. The van der Waals surface area contributed by atoms with Crippen molar-refractivity contribution in [2.45, 2.75) is 20.0 Å². The standard InChI is InChI=1S/C15H18N2O2.CH4/c16-12-3-1-10(2-4-12)15-6-5-13(17)7-11(15)8-14(19)9-18;/h1-7,14,18-19H,8-9,16-17H2;1H4. The first-order valence-corrected chi connectivity index (χ1v) is 6.13. The molecule has 4 heteroatoms. The van der Waals surface area contributed by atoms with Gasteiger partial charge in [0.05, 0.1) is 12.7 Å². The van der Waals surface area contributed by atoms with Crippen LogP contribution in [0.5, 0.6) is 0 Å². The molecule has 6 N–H and O–H groups in total. The first-order chi connectivity index (χ1) is 9.10. The van der Waals surface area contributed by atoms with Crippen LogP contribution in [0.3, 0.4) is 0 Å². The molecular weight excluding hydrogens is 252 g/mol. The van der Waals surface area contributed by atoms with E-state index in [2.05, 4.69) is 0 Å². The summed E-state index contributed by atoms with van der Waals surface area (Å²) in [6.07, 6.45) is -0.421. The summed E-state index contributed by atoms with van der Waals surface area (Å²) in [7, 11) is 0. The molecule has 4 nitrogen and oxygen atoms in total. The Morgan fingerprint density at radius 3 is 2.15 bits per heavy atom. The highest BCUT2D eigenvalue weighted by Crippen LogP contribution is 2.27. The lowest BCUT2D eigenvalue weighted by atomic mass is 9.95. The molecular formula is C16H22N2O2. The van der Waals surface area contributed by atoms with Gasteiger partial charge in [-0.25, -0.2) is 0 Å². The summed E-state index contributed by atoms with van der Waals surface area (Å²) >= 11 is 0. The lowest BCUT2D eigenvalue weighted by Crippen LogP contribution is -2.15. The van der Waals surface area contributed by atoms with Gasteiger partial charge in [0.2, 0.25) is 0 Å². The number of nitrogen functional groups attached to an aromatic ring is 2. The predicted molar refractivity (Wildman–Crippen MR) is 84.2 cm³/mol. The lowest BCUT2D eigenvalue weighted by molar-refractivity contribution is 0.0956. The Morgan fingerprint density at radius 1 is 0.950 bits per heavy atom. The van der Waals surface area contributed by atoms with Crippen LogP contribution in [0.4, 0.5) is 11.4 Å². The third-order valence-electron chi connectivity index (χ3n) is 3.02. The highest BCUT2D eigenvalue weighted by atomic mass is 16.3. The van der Waals surface area contributed by atoms with E-state index in [1.165, 1.54) is 0 Å². The van der Waals surface area contributed by atoms with Gasteiger partial charge in [-0.1, -0.05) is 25.6 Å². The minimum Gasteiger partial charge on any atom is -0.399 e. The minimum atomic E-state index is -0.783. The van der Waals surface area contributed by atoms with E-state index in [-0.39, 0.29) is 14.0 Å². The van der Waals surface area contributed by atoms with Crippen molar-refractivity contribution >= 4 is 11.4 Å². The molecule has 0 amide bonds. The monoisotopic (exact) mass is 274 g/mol. The zero-order valence-electron chi connectivity index (χ0n) is 10.6. The van der Waals surface area contributed by atoms with Crippen molar-refractivity contribution in [3.8, 4) is 11.1 Å². The maximum absolute atomic E-state index is 9.61. The van der Waals surface area contributed by atoms with Crippen LogP contribution in [-0.2, 0) is 6.42 Å². The zero-order chi connectivity index (χ0) is 13.8. The third kappa shape index (κ3) is 3.73. The molecule has 0 aliphatic carbocycles. The van der Waals surface area contributed by atoms with E-state index in [0.29, 0.717) is 17.8 Å². The zero-order valence-corrected chi connectivity index (χ0v) is 10.6. The average molecular weight is 274 g/mol. The highest BCUT2D eigenvalue weighted by molar-refractivity contribution is 5.71. The van der Waals surface area contributed by atoms with Crippen molar-refractivity contribution in [2.75, 3.05) is 18.1 Å². The molecule has 1 atom stereocenters. The Kier molecular flexibility index (Phi) is 5.55. The van der Waals surface area contributed by atoms with Gasteiger partial charge in [0.25, 0.3) is 0 Å². The average Bonchev–Trinajstić information content (AvgIpc) is 2.40. The van der Waals surface area contributed by atoms with Crippen LogP contribution in [0.25, 0.3) is 11.1 Å². The summed E-state index contributed by atoms with van der Waals surface area (Å²) in [5.74, 6) is 0. The molecule has 0 saturated heterocycles. The van der Waals surface area contributed by atoms with Crippen molar-refractivity contribution < 1.29 is 10.2 Å². The molecule has 2 aromatic carbocycles. The van der Waals surface area contributed by atoms with Gasteiger partial charge in [-0.05, 0) is 41.0 Å². The molecule has 0 aliphatic heterocycles. The maximum atomic E-state index is 9.61. The van der Waals surface area contributed by atoms with Gasteiger partial charge in [0.1, 0.15) is 0 Å². The molecule has 2 rings (SSSR count). The fourth-order valence-electron chi connectivity index (χ4n) is 2.05. The molecule has 0 bridgehead atoms. The fourth-order valence-corrected chi connectivity index (χ4v) is 2.05. The maximum Gasteiger partial charge on any atom is 0.0811 e. The molecule has 20 heavy (non-hydrogen) atoms. The van der Waals surface area contributed by atoms with Crippen molar-refractivity contribution in [3.63, 3.8) is 0 Å². The van der Waals surface area contributed by atoms with Gasteiger partial charge >= 0.3 is 0 Å². The summed E-state index contributed by atoms with van der Waals surface area (Å²) < 4.78 is 0. The number of benzene rings is 2. The molecule has 0 spiro atoms. The van der Waals surface area contributed by atoms with Gasteiger partial charge in [0.15, 0.2) is 0 Å². The van der Waals surface area contributed by atoms with Gasteiger partial charge in [-0.2, -0.15) is 0 Å². The molecule has 0 fully saturated rings. The van der Waals surface area contributed by atoms with Crippen LogP contribution >= 0.6 is 0 Å². The van der Waals surface area contributed by atoms with E-state index in [4.69, 9.17) is 16.6 Å². The third-order valence-corrected chi connectivity index (χ3v) is 3.02. The van der Waals surface area contributed by atoms with Gasteiger partial charge in [0, 0.05) is 17.8 Å². The summed E-state index contributed by atoms with van der Waals surface area (Å²) in [5.41, 5.74) is 15.7. The van der Waals surface area contributed by atoms with Crippen LogP contribution in [0.1, 0.15) is 13.0 Å². The van der Waals surface area contributed by atoms with Gasteiger partial charge < -0.3 is 21.7 Å². The molecule has 0 aliphatic rings. The van der Waals surface area contributed by atoms with Gasteiger partial charge in [-0.15, -0.1) is 0 Å². The number of rotatable bonds is 4. The SMILES string of the molecule is C.Nc1ccc(-c2ccc(N)cc2CC(O)CO)cc1. The second kappa shape index (κ2) is 6.93. The fraction of sp³-hybridized carbons (Fsp3) is 0.250. The largest absolute Gasteiger partial charge is 0.399 e. The van der Waals surface area contributed by atoms with Gasteiger partial charge in [-0.3, -0.25) is 0 Å². The van der Waals surface area contributed by atoms with Crippen molar-refractivity contribution in [2.24, 2.45) is 0 Å². The normalized spacial score (nSPS) is 11.7. The smallest absolute Gasteiger partial charge is 0.0811 e. The molecule has 108 valence electrons. The Hall–Kier alpha value is -2.04. The second-order valence-corrected chi connectivity index (χ2v) is 4.58. The van der Waals surface area contributed by atoms with Crippen LogP contribution in [0.15, 0.2) is 42.5 Å². The van der Waals surface area contributed by atoms with Crippen molar-refractivity contribution in [1.82, 2.24) is 0 Å². The Balaban J connectivity index is 0.00000200. The quantitative estimate of drug-likeness (QED) is 0.642. The van der Waals surface area contributed by atoms with Crippen LogP contribution in [0.2, 0.25) is 0 Å². The molecule has 1 unspecified atom stereocenters. The second-order valence-electron chi connectivity index (χ2n) is 4.58. The molecule has 0 saturated carbocycles. The molecule has 2 aromatic rings. The van der Waals surface area contributed by atoms with E-state index in [0.717, 1.165) is 16.7 Å². The van der Waals surface area contributed by atoms with Crippen LogP contribution in [0, 0.1) is 0 Å². The van der Waals surface area contributed by atoms with Crippen LogP contribution < -0.4 is 11.5 Å². The molecule has 0 radical (unpaired) electrons. The summed E-state index contributed by atoms with van der Waals surface area (Å²) in [6.45, 7) is -0.268. The predicted octanol–water partition coefficient (Wildman–Crippen LogP) is 2.05. The first-order valence-electron chi connectivity index (χ1n) is 6.13. The van der Waals surface area contributed by atoms with E-state index >= 15 is 0 Å². The number of aliphatic hydroxyl groups excluding tert-OH is 2. The van der Waals surface area contributed by atoms with E-state index < -0.39 is 6.10 Å². The Morgan fingerprint density at radius 2 is 1.55 bits per heavy atom. The first kappa shape index (κ1) is 16.0.